The van der Waals surface area contributed by atoms with Crippen molar-refractivity contribution in [1.29, 1.82) is 0 Å². The van der Waals surface area contributed by atoms with Gasteiger partial charge in [0.2, 0.25) is 5.91 Å². The molecule has 1 fully saturated rings. The van der Waals surface area contributed by atoms with Gasteiger partial charge < -0.3 is 20.4 Å². The molecule has 32 heavy (non-hydrogen) atoms. The molecule has 2 aromatic carbocycles. The Morgan fingerprint density at radius 2 is 1.72 bits per heavy atom. The summed E-state index contributed by atoms with van der Waals surface area (Å²) in [5, 5.41) is 5.92. The molecule has 3 rings (SSSR count). The lowest BCUT2D eigenvalue weighted by molar-refractivity contribution is -0.119. The maximum atomic E-state index is 13.3. The second-order valence-electron chi connectivity index (χ2n) is 8.53. The summed E-state index contributed by atoms with van der Waals surface area (Å²) in [7, 11) is 3.90. The molecule has 0 bridgehead atoms. The van der Waals surface area contributed by atoms with E-state index in [0.29, 0.717) is 19.6 Å². The number of urea groups is 1. The highest BCUT2D eigenvalue weighted by Gasteiger charge is 2.23. The van der Waals surface area contributed by atoms with Gasteiger partial charge in [0.05, 0.1) is 0 Å². The van der Waals surface area contributed by atoms with Crippen LogP contribution in [0.2, 0.25) is 0 Å². The van der Waals surface area contributed by atoms with E-state index in [-0.39, 0.29) is 23.7 Å². The van der Waals surface area contributed by atoms with Gasteiger partial charge in [-0.15, -0.1) is 0 Å². The molecular formula is C25H33FN4O2. The van der Waals surface area contributed by atoms with Gasteiger partial charge in [-0.25, -0.2) is 9.18 Å². The third kappa shape index (κ3) is 6.22. The van der Waals surface area contributed by atoms with Crippen LogP contribution in [0.15, 0.2) is 42.5 Å². The number of nitrogens with zero attached hydrogens (tertiary/aromatic N) is 2. The number of carbonyl (C=O) groups is 2. The highest BCUT2D eigenvalue weighted by atomic mass is 19.1. The Bertz CT molecular complexity index is 924. The predicted molar refractivity (Wildman–Crippen MR) is 126 cm³/mol. The maximum Gasteiger partial charge on any atom is 0.317 e. The first-order valence-electron chi connectivity index (χ1n) is 11.3. The van der Waals surface area contributed by atoms with E-state index in [0.717, 1.165) is 48.2 Å². The van der Waals surface area contributed by atoms with Crippen molar-refractivity contribution in [2.24, 2.45) is 5.92 Å². The van der Waals surface area contributed by atoms with Gasteiger partial charge in [-0.1, -0.05) is 25.0 Å². The molecule has 7 heteroatoms. The summed E-state index contributed by atoms with van der Waals surface area (Å²) in [5.41, 5.74) is 3.47. The van der Waals surface area contributed by atoms with Crippen molar-refractivity contribution in [1.82, 2.24) is 10.2 Å². The maximum absolute atomic E-state index is 13.3. The van der Waals surface area contributed by atoms with Crippen molar-refractivity contribution in [2.75, 3.05) is 30.9 Å². The first kappa shape index (κ1) is 23.6. The second-order valence-corrected chi connectivity index (χ2v) is 8.53. The van der Waals surface area contributed by atoms with Gasteiger partial charge in [0.15, 0.2) is 0 Å². The third-order valence-electron chi connectivity index (χ3n) is 5.82. The van der Waals surface area contributed by atoms with E-state index in [4.69, 9.17) is 0 Å². The van der Waals surface area contributed by atoms with E-state index in [2.05, 4.69) is 10.6 Å². The lowest BCUT2D eigenvalue weighted by Gasteiger charge is -2.26. The molecule has 2 N–H and O–H groups in total. The van der Waals surface area contributed by atoms with Crippen molar-refractivity contribution in [3.8, 4) is 0 Å². The minimum Gasteiger partial charge on any atom is -0.377 e. The third-order valence-corrected chi connectivity index (χ3v) is 5.82. The average Bonchev–Trinajstić information content (AvgIpc) is 3.30. The van der Waals surface area contributed by atoms with Crippen molar-refractivity contribution in [3.63, 3.8) is 0 Å². The predicted octanol–water partition coefficient (Wildman–Crippen LogP) is 4.75. The van der Waals surface area contributed by atoms with Crippen LogP contribution in [0, 0.1) is 11.7 Å². The summed E-state index contributed by atoms with van der Waals surface area (Å²) in [5.74, 6) is -0.158. The number of hydrogen-bond donors (Lipinski definition) is 2. The number of amides is 3. The molecule has 0 atom stereocenters. The summed E-state index contributed by atoms with van der Waals surface area (Å²) >= 11 is 0. The average molecular weight is 441 g/mol. The van der Waals surface area contributed by atoms with E-state index in [1.54, 1.807) is 17.0 Å². The molecule has 0 saturated heterocycles. The van der Waals surface area contributed by atoms with Crippen LogP contribution in [0.25, 0.3) is 0 Å². The molecule has 172 valence electrons. The minimum absolute atomic E-state index is 0.0675. The molecular weight excluding hydrogens is 407 g/mol. The Hall–Kier alpha value is -3.09. The number of carbonyl (C=O) groups excluding carboxylic acids is 2. The first-order chi connectivity index (χ1) is 15.4. The van der Waals surface area contributed by atoms with E-state index in [1.165, 1.54) is 12.1 Å². The molecule has 0 aromatic heterocycles. The number of nitrogens with one attached hydrogen (secondary N) is 2. The van der Waals surface area contributed by atoms with Gasteiger partial charge in [0.25, 0.3) is 0 Å². The Labute approximate surface area is 189 Å². The topological polar surface area (TPSA) is 64.7 Å². The van der Waals surface area contributed by atoms with Crippen LogP contribution in [0.3, 0.4) is 0 Å². The van der Waals surface area contributed by atoms with Crippen LogP contribution in [-0.4, -0.2) is 37.5 Å². The molecule has 2 aromatic rings. The van der Waals surface area contributed by atoms with Gasteiger partial charge in [-0.3, -0.25) is 4.79 Å². The molecule has 1 aliphatic rings. The zero-order chi connectivity index (χ0) is 23.1. The van der Waals surface area contributed by atoms with Gasteiger partial charge >= 0.3 is 6.03 Å². The fraction of sp³-hybridized carbons (Fsp3) is 0.440. The van der Waals surface area contributed by atoms with Crippen LogP contribution >= 0.6 is 0 Å². The summed E-state index contributed by atoms with van der Waals surface area (Å²) in [6.45, 7) is 3.08. The van der Waals surface area contributed by atoms with Crippen LogP contribution in [0.1, 0.15) is 43.7 Å². The molecule has 6 nitrogen and oxygen atoms in total. The smallest absolute Gasteiger partial charge is 0.317 e. The lowest BCUT2D eigenvalue weighted by atomic mass is 10.1. The monoisotopic (exact) mass is 440 g/mol. The standard InChI is InChI=1S/C25H33FN4O2/c1-4-27-25(32)30(16-18-9-11-21(26)12-10-18)17-20-15-22(13-14-23(20)29(2)3)28-24(31)19-7-5-6-8-19/h9-15,19H,4-8,16-17H2,1-3H3,(H,27,32)(H,28,31). The quantitative estimate of drug-likeness (QED) is 0.623. The molecule has 0 heterocycles. The molecule has 0 spiro atoms. The number of benzene rings is 2. The van der Waals surface area contributed by atoms with E-state index in [1.807, 2.05) is 44.1 Å². The van der Waals surface area contributed by atoms with Gasteiger partial charge in [0.1, 0.15) is 5.82 Å². The van der Waals surface area contributed by atoms with Crippen LogP contribution in [-0.2, 0) is 17.9 Å². The van der Waals surface area contributed by atoms with Gasteiger partial charge in [0, 0.05) is 51.0 Å². The number of rotatable bonds is 8. The number of anilines is 2. The Balaban J connectivity index is 1.84. The molecule has 1 aliphatic carbocycles. The highest BCUT2D eigenvalue weighted by Crippen LogP contribution is 2.28. The fourth-order valence-electron chi connectivity index (χ4n) is 4.14. The molecule has 0 unspecified atom stereocenters. The van der Waals surface area contributed by atoms with Crippen molar-refractivity contribution < 1.29 is 14.0 Å². The summed E-state index contributed by atoms with van der Waals surface area (Å²) < 4.78 is 13.3. The molecule has 1 saturated carbocycles. The SMILES string of the molecule is CCNC(=O)N(Cc1ccc(F)cc1)Cc1cc(NC(=O)C2CCCC2)ccc1N(C)C. The minimum atomic E-state index is -0.307. The van der Waals surface area contributed by atoms with Gasteiger partial charge in [-0.2, -0.15) is 0 Å². The van der Waals surface area contributed by atoms with Crippen molar-refractivity contribution >= 4 is 23.3 Å². The lowest BCUT2D eigenvalue weighted by Crippen LogP contribution is -2.39. The summed E-state index contributed by atoms with van der Waals surface area (Å²) in [6, 6.07) is 11.8. The van der Waals surface area contributed by atoms with E-state index < -0.39 is 0 Å². The van der Waals surface area contributed by atoms with E-state index in [9.17, 15) is 14.0 Å². The van der Waals surface area contributed by atoms with Crippen LogP contribution in [0.5, 0.6) is 0 Å². The normalized spacial score (nSPS) is 13.6. The summed E-state index contributed by atoms with van der Waals surface area (Å²) in [4.78, 5) is 29.1. The highest BCUT2D eigenvalue weighted by molar-refractivity contribution is 5.93. The van der Waals surface area contributed by atoms with Gasteiger partial charge in [-0.05, 0) is 61.2 Å². The van der Waals surface area contributed by atoms with Crippen molar-refractivity contribution in [2.45, 2.75) is 45.7 Å². The zero-order valence-corrected chi connectivity index (χ0v) is 19.2. The number of halogens is 1. The molecule has 0 aliphatic heterocycles. The van der Waals surface area contributed by atoms with Crippen LogP contribution < -0.4 is 15.5 Å². The fourth-order valence-corrected chi connectivity index (χ4v) is 4.14. The van der Waals surface area contributed by atoms with Crippen LogP contribution in [0.4, 0.5) is 20.6 Å². The Morgan fingerprint density at radius 3 is 2.34 bits per heavy atom. The largest absolute Gasteiger partial charge is 0.377 e. The number of hydrogen-bond acceptors (Lipinski definition) is 3. The van der Waals surface area contributed by atoms with Crippen molar-refractivity contribution in [3.05, 3.63) is 59.4 Å². The van der Waals surface area contributed by atoms with E-state index >= 15 is 0 Å². The Kier molecular flexibility index (Phi) is 8.09. The zero-order valence-electron chi connectivity index (χ0n) is 19.2. The first-order valence-corrected chi connectivity index (χ1v) is 11.3. The molecule has 3 amide bonds. The second kappa shape index (κ2) is 11.0. The summed E-state index contributed by atoms with van der Waals surface area (Å²) in [6.07, 6.45) is 4.09. The Morgan fingerprint density at radius 1 is 1.03 bits per heavy atom. The molecule has 0 radical (unpaired) electrons.